The van der Waals surface area contributed by atoms with Gasteiger partial charge in [-0.05, 0) is 238 Å². The Kier molecular flexibility index (Phi) is 20.6. The van der Waals surface area contributed by atoms with Gasteiger partial charge in [0.1, 0.15) is 23.0 Å². The van der Waals surface area contributed by atoms with Crippen molar-refractivity contribution >= 4 is 209 Å². The molecule has 5 heterocycles. The zero-order valence-electron chi connectivity index (χ0n) is 76.4. The van der Waals surface area contributed by atoms with Gasteiger partial charge in [-0.2, -0.15) is 0 Å². The Morgan fingerprint density at radius 1 is 0.164 bits per heavy atom. The molecule has 22 aromatic carbocycles. The minimum atomic E-state index is -0.191. The number of para-hydroxylation sites is 14. The maximum atomic E-state index is 7.50. The van der Waals surface area contributed by atoms with Crippen molar-refractivity contribution in [3.05, 3.63) is 534 Å². The van der Waals surface area contributed by atoms with Crippen molar-refractivity contribution in [2.75, 3.05) is 34.3 Å². The van der Waals surface area contributed by atoms with Crippen molar-refractivity contribution in [3.8, 4) is 28.7 Å². The molecule has 0 bridgehead atoms. The predicted octanol–water partition coefficient (Wildman–Crippen LogP) is 30.9. The molecule has 0 atom stereocenters. The highest BCUT2D eigenvalue weighted by atomic mass is 16.5. The van der Waals surface area contributed by atoms with E-state index in [2.05, 4.69) is 573 Å². The van der Waals surface area contributed by atoms with E-state index in [1.807, 2.05) is 0 Å². The summed E-state index contributed by atoms with van der Waals surface area (Å²) in [4.78, 5) is 16.8. The molecule has 27 rings (SSSR count). The van der Waals surface area contributed by atoms with E-state index in [1.54, 1.807) is 0 Å². The van der Waals surface area contributed by atoms with Crippen LogP contribution in [0.1, 0.15) is 0 Å². The van der Waals surface area contributed by atoms with Gasteiger partial charge < -0.3 is 48.3 Å². The summed E-state index contributed by atoms with van der Waals surface area (Å²) in [7, 11) is 0. The van der Waals surface area contributed by atoms with E-state index in [9.17, 15) is 0 Å². The van der Waals surface area contributed by atoms with Gasteiger partial charge in [0.25, 0.3) is 13.4 Å². The largest absolute Gasteiger partial charge is 0.458 e. The average Bonchev–Trinajstić information content (AvgIpc) is 1.02. The third kappa shape index (κ3) is 14.2. The molecule has 4 aliphatic heterocycles. The van der Waals surface area contributed by atoms with E-state index >= 15 is 0 Å². The highest BCUT2D eigenvalue weighted by Crippen LogP contribution is 2.54. The van der Waals surface area contributed by atoms with Crippen LogP contribution in [0.4, 0.5) is 119 Å². The van der Waals surface area contributed by atoms with Crippen LogP contribution in [0.2, 0.25) is 0 Å². The van der Waals surface area contributed by atoms with Gasteiger partial charge in [0, 0.05) is 148 Å². The number of aromatic nitrogens is 1. The first-order valence-electron chi connectivity index (χ1n) is 47.8. The molecule has 23 aromatic rings. The third-order valence-electron chi connectivity index (χ3n) is 27.7. The van der Waals surface area contributed by atoms with Gasteiger partial charge in [0.05, 0.1) is 33.8 Å². The van der Waals surface area contributed by atoms with Crippen molar-refractivity contribution < 1.29 is 9.47 Å². The van der Waals surface area contributed by atoms with Crippen molar-refractivity contribution in [2.45, 2.75) is 0 Å². The molecule has 0 unspecified atom stereocenters. The van der Waals surface area contributed by atoms with Crippen LogP contribution in [0.15, 0.2) is 534 Å². The van der Waals surface area contributed by atoms with Crippen LogP contribution in [-0.4, -0.2) is 18.0 Å². The Morgan fingerprint density at radius 2 is 0.436 bits per heavy atom. The van der Waals surface area contributed by atoms with Gasteiger partial charge in [-0.25, -0.2) is 0 Å². The van der Waals surface area contributed by atoms with Crippen LogP contribution >= 0.6 is 0 Å². The first-order valence-corrected chi connectivity index (χ1v) is 47.8. The smallest absolute Gasteiger partial charge is 0.257 e. The zero-order chi connectivity index (χ0) is 92.5. The maximum absolute atomic E-state index is 7.50. The Bertz CT molecular complexity index is 8370. The van der Waals surface area contributed by atoms with Crippen LogP contribution in [0.3, 0.4) is 0 Å². The molecule has 140 heavy (non-hydrogen) atoms. The van der Waals surface area contributed by atoms with Crippen molar-refractivity contribution in [1.82, 2.24) is 4.57 Å². The summed E-state index contributed by atoms with van der Waals surface area (Å²) in [5.41, 5.74) is 32.7. The Balaban J connectivity index is 0.000000144. The summed E-state index contributed by atoms with van der Waals surface area (Å²) >= 11 is 0. The van der Waals surface area contributed by atoms with Gasteiger partial charge in [-0.3, -0.25) is 0 Å². The summed E-state index contributed by atoms with van der Waals surface area (Å²) in [6.07, 6.45) is 0. The normalized spacial score (nSPS) is 12.2. The lowest BCUT2D eigenvalue weighted by Crippen LogP contribution is -2.59. The molecule has 658 valence electrons. The second-order valence-corrected chi connectivity index (χ2v) is 35.8. The molecule has 0 spiro atoms. The molecular weight excluding hydrogens is 1700 g/mol. The van der Waals surface area contributed by atoms with E-state index < -0.39 is 0 Å². The van der Waals surface area contributed by atoms with Crippen LogP contribution < -0.4 is 76.5 Å². The second kappa shape index (κ2) is 35.1. The number of anilines is 21. The first kappa shape index (κ1) is 82.2. The van der Waals surface area contributed by atoms with Crippen LogP contribution in [0.5, 0.6) is 23.0 Å². The minimum Gasteiger partial charge on any atom is -0.458 e. The molecule has 0 saturated carbocycles. The Hall–Kier alpha value is -18.5. The molecule has 1 aromatic heterocycles. The third-order valence-corrected chi connectivity index (χ3v) is 27.7. The van der Waals surface area contributed by atoms with E-state index in [-0.39, 0.29) is 13.4 Å². The standard InChI is InChI=1S/C64H43BN4O.C64H45BN4O/c1-7-23-44(24-8-1)66(45-25-9-2-10-26-45)50-39-59-64-62(40-50)70-61-43-58-54(52-36-21-22-38-56(52)68(58)48-31-15-5-16-32-48)41-55(61)65(64)63-53-37-20-19-35-51(53)57(42-60(63)69(59)49-33-17-6-18-34-49)67(46-27-11-3-12-28-46)47-29-13-4-14-30-47;1-8-24-46(25-9-1)66(47-26-10-2-11-27-47)53-40-41-57-61(43-53)70-62-44-54(67(48-28-12-3-13-29-48)49-30-14-4-15-31-49)42-59-64(62)65(57)63-56-39-23-22-38-55(56)58(45-60(63)69(59)52-36-20-7-21-37-52)68(50-32-16-5-17-33-50)51-34-18-6-19-35-51/h1-43H;1-45H. The average molecular weight is 1790 g/mol. The number of rotatable bonds is 18. The van der Waals surface area contributed by atoms with Crippen LogP contribution in [-0.2, 0) is 0 Å². The van der Waals surface area contributed by atoms with Crippen LogP contribution in [0, 0.1) is 0 Å². The summed E-state index contributed by atoms with van der Waals surface area (Å²) in [6, 6.07) is 192. The topological polar surface area (TPSA) is 46.1 Å². The SMILES string of the molecule is c1ccc(N(c2ccccc2)c2cc3c4c(c2)N(c2ccccc2)c2cc(N(c5ccccc5)c5ccccc5)c5ccccc5c2B4c2cc4c5ccccc5n(-c5ccccc5)c4cc2O3)cc1.c1ccc(N(c2ccccc2)c2ccc3c(c2)Oc2cc(N(c4ccccc4)c4ccccc4)cc4c2B3c2c(cc(N(c3ccccc3)c3ccccc3)c3ccccc23)N4c2ccccc2)cc1. The maximum Gasteiger partial charge on any atom is 0.257 e. The van der Waals surface area contributed by atoms with E-state index in [0.29, 0.717) is 0 Å². The summed E-state index contributed by atoms with van der Waals surface area (Å²) in [5, 5.41) is 7.09. The van der Waals surface area contributed by atoms with Crippen LogP contribution in [0.25, 0.3) is 49.0 Å². The van der Waals surface area contributed by atoms with E-state index in [0.717, 1.165) is 192 Å². The molecule has 0 saturated heterocycles. The van der Waals surface area contributed by atoms with Crippen molar-refractivity contribution in [3.63, 3.8) is 0 Å². The fraction of sp³-hybridized carbons (Fsp3) is 0. The molecule has 10 nitrogen and oxygen atoms in total. The zero-order valence-corrected chi connectivity index (χ0v) is 76.4. The molecule has 4 aliphatic rings. The number of benzene rings is 22. The van der Waals surface area contributed by atoms with E-state index in [4.69, 9.17) is 9.47 Å². The summed E-state index contributed by atoms with van der Waals surface area (Å²) in [5.74, 6) is 3.32. The highest BCUT2D eigenvalue weighted by Gasteiger charge is 2.48. The van der Waals surface area contributed by atoms with Crippen molar-refractivity contribution in [2.24, 2.45) is 0 Å². The first-order chi connectivity index (χ1) is 69.5. The van der Waals surface area contributed by atoms with Gasteiger partial charge in [0.15, 0.2) is 0 Å². The molecule has 0 fully saturated rings. The summed E-state index contributed by atoms with van der Waals surface area (Å²) in [6.45, 7) is -0.375. The number of fused-ring (bicyclic) bond motifs is 15. The molecule has 0 aliphatic carbocycles. The monoisotopic (exact) mass is 1790 g/mol. The molecule has 12 heteroatoms. The quantitative estimate of drug-likeness (QED) is 0.0782. The van der Waals surface area contributed by atoms with Crippen molar-refractivity contribution in [1.29, 1.82) is 0 Å². The number of hydrogen-bond acceptors (Lipinski definition) is 9. The minimum absolute atomic E-state index is 0.184. The fourth-order valence-electron chi connectivity index (χ4n) is 21.9. The second-order valence-electron chi connectivity index (χ2n) is 35.8. The molecule has 0 N–H and O–H groups in total. The Labute approximate surface area is 814 Å². The number of ether oxygens (including phenoxy) is 2. The highest BCUT2D eigenvalue weighted by molar-refractivity contribution is 7.01. The van der Waals surface area contributed by atoms with Gasteiger partial charge in [-0.15, -0.1) is 0 Å². The van der Waals surface area contributed by atoms with Gasteiger partial charge in [0.2, 0.25) is 0 Å². The fourth-order valence-corrected chi connectivity index (χ4v) is 21.9. The van der Waals surface area contributed by atoms with Gasteiger partial charge in [-0.1, -0.05) is 315 Å². The lowest BCUT2D eigenvalue weighted by atomic mass is 9.33. The number of nitrogens with zero attached hydrogens (tertiary/aromatic N) is 8. The lowest BCUT2D eigenvalue weighted by Gasteiger charge is -2.42. The lowest BCUT2D eigenvalue weighted by molar-refractivity contribution is 0.487. The molecular formula is C128H88B2N8O2. The summed E-state index contributed by atoms with van der Waals surface area (Å²) < 4.78 is 17.3. The molecule has 0 amide bonds. The predicted molar refractivity (Wildman–Crippen MR) is 587 cm³/mol. The Morgan fingerprint density at radius 3 is 0.793 bits per heavy atom. The number of hydrogen-bond donors (Lipinski definition) is 0. The van der Waals surface area contributed by atoms with Gasteiger partial charge >= 0.3 is 0 Å². The molecule has 0 radical (unpaired) electrons. The van der Waals surface area contributed by atoms with E-state index in [1.165, 1.54) is 32.5 Å².